The molecule has 1 aromatic carbocycles. The third-order valence-electron chi connectivity index (χ3n) is 6.81. The first kappa shape index (κ1) is 32.0. The first-order valence-corrected chi connectivity index (χ1v) is 14.5. The molecule has 0 saturated heterocycles. The molecule has 2 aromatic rings. The van der Waals surface area contributed by atoms with E-state index in [1.807, 2.05) is 0 Å². The lowest BCUT2D eigenvalue weighted by Gasteiger charge is -2.39. The Hall–Kier alpha value is -2.49. The number of nitrogens with zero attached hydrogens (tertiary/aromatic N) is 2. The van der Waals surface area contributed by atoms with Crippen molar-refractivity contribution in [2.75, 3.05) is 12.8 Å². The first-order chi connectivity index (χ1) is 18.4. The van der Waals surface area contributed by atoms with Crippen molar-refractivity contribution in [1.29, 1.82) is 0 Å². The van der Waals surface area contributed by atoms with Gasteiger partial charge < -0.3 is 20.3 Å². The summed E-state index contributed by atoms with van der Waals surface area (Å²) in [6.07, 6.45) is -6.33. The predicted octanol–water partition coefficient (Wildman–Crippen LogP) is 3.65. The molecule has 0 unspecified atom stereocenters. The lowest BCUT2D eigenvalue weighted by molar-refractivity contribution is -0.135. The maximum atomic E-state index is 13.2. The molecule has 1 amide bonds. The molecule has 3 N–H and O–H groups in total. The van der Waals surface area contributed by atoms with Crippen molar-refractivity contribution in [1.82, 2.24) is 15.1 Å². The summed E-state index contributed by atoms with van der Waals surface area (Å²) in [5.74, 6) is -1.24. The molecule has 9 nitrogen and oxygen atoms in total. The summed E-state index contributed by atoms with van der Waals surface area (Å²) in [7, 11) is -2.05. The lowest BCUT2D eigenvalue weighted by atomic mass is 9.82. The lowest BCUT2D eigenvalue weighted by Crippen LogP contribution is -2.56. The van der Waals surface area contributed by atoms with Crippen LogP contribution in [0.5, 0.6) is 5.75 Å². The van der Waals surface area contributed by atoms with Crippen LogP contribution in [0.3, 0.4) is 0 Å². The van der Waals surface area contributed by atoms with Crippen LogP contribution in [0, 0.1) is 0 Å². The van der Waals surface area contributed by atoms with Crippen LogP contribution >= 0.6 is 11.6 Å². The van der Waals surface area contributed by atoms with Crippen molar-refractivity contribution in [2.45, 2.75) is 68.3 Å². The number of rotatable bonds is 10. The van der Waals surface area contributed by atoms with Gasteiger partial charge in [-0.3, -0.25) is 9.48 Å². The molecular formula is C24H29ClF5N3O6S. The third kappa shape index (κ3) is 7.83. The second-order valence-electron chi connectivity index (χ2n) is 9.84. The molecule has 40 heavy (non-hydrogen) atoms. The molecule has 1 fully saturated rings. The number of aliphatic hydroxyl groups is 2. The van der Waals surface area contributed by atoms with E-state index in [1.165, 1.54) is 25.2 Å². The van der Waals surface area contributed by atoms with E-state index in [2.05, 4.69) is 15.2 Å². The van der Waals surface area contributed by atoms with Crippen LogP contribution in [-0.4, -0.2) is 76.9 Å². The summed E-state index contributed by atoms with van der Waals surface area (Å²) in [6.45, 7) is -3.71. The monoisotopic (exact) mass is 617 g/mol. The molecule has 224 valence electrons. The summed E-state index contributed by atoms with van der Waals surface area (Å²) in [5, 5.41) is 26.6. The second kappa shape index (κ2) is 12.2. The maximum Gasteiger partial charge on any atom is 0.389 e. The van der Waals surface area contributed by atoms with Crippen LogP contribution in [0.1, 0.15) is 48.2 Å². The highest BCUT2D eigenvalue weighted by Gasteiger charge is 2.44. The van der Waals surface area contributed by atoms with E-state index in [-0.39, 0.29) is 59.8 Å². The minimum absolute atomic E-state index is 0.00655. The molecule has 0 bridgehead atoms. The van der Waals surface area contributed by atoms with Gasteiger partial charge in [0.05, 0.1) is 22.1 Å². The number of hydrogen-bond donors (Lipinski definition) is 3. The van der Waals surface area contributed by atoms with Gasteiger partial charge in [-0.15, -0.1) is 0 Å². The van der Waals surface area contributed by atoms with Gasteiger partial charge in [-0.2, -0.15) is 27.1 Å². The van der Waals surface area contributed by atoms with Crippen LogP contribution in [0.15, 0.2) is 18.2 Å². The van der Waals surface area contributed by atoms with Gasteiger partial charge in [0.25, 0.3) is 5.91 Å². The van der Waals surface area contributed by atoms with E-state index in [0.717, 1.165) is 10.9 Å². The Kier molecular flexibility index (Phi) is 9.74. The van der Waals surface area contributed by atoms with Gasteiger partial charge in [0.1, 0.15) is 21.2 Å². The Labute approximate surface area is 232 Å². The van der Waals surface area contributed by atoms with E-state index < -0.39 is 58.5 Å². The highest BCUT2D eigenvalue weighted by atomic mass is 35.5. The Morgan fingerprint density at radius 3 is 2.60 bits per heavy atom. The van der Waals surface area contributed by atoms with Crippen LogP contribution in [0.4, 0.5) is 22.0 Å². The molecule has 1 aromatic heterocycles. The Morgan fingerprint density at radius 1 is 1.35 bits per heavy atom. The normalized spacial score (nSPS) is 22.0. The third-order valence-corrected chi connectivity index (χ3v) is 8.81. The average Bonchev–Trinajstić information content (AvgIpc) is 3.11. The number of aliphatic hydroxyl groups excluding tert-OH is 1. The van der Waals surface area contributed by atoms with Crippen molar-refractivity contribution < 1.29 is 50.1 Å². The molecular weight excluding hydrogens is 589 g/mol. The Balaban J connectivity index is 1.80. The van der Waals surface area contributed by atoms with Crippen LogP contribution in [0.2, 0.25) is 5.02 Å². The number of carbonyl (C=O) groups is 1. The SMILES string of the molecule is Cn1nc(C(=O)NC[C@@]2(O)CC[C@H](S(C)(=O)=O)C[C@@H]2O)c(Cl)c1-c1ccc(CCCC(F)(F)F)cc1OC(F)F. The second-order valence-corrected chi connectivity index (χ2v) is 12.5. The molecule has 1 heterocycles. The zero-order chi connectivity index (χ0) is 30.0. The van der Waals surface area contributed by atoms with Crippen LogP contribution in [-0.2, 0) is 23.3 Å². The molecule has 1 saturated carbocycles. The molecule has 1 aliphatic carbocycles. The number of aromatic nitrogens is 2. The van der Waals surface area contributed by atoms with Gasteiger partial charge in [0.2, 0.25) is 0 Å². The highest BCUT2D eigenvalue weighted by molar-refractivity contribution is 7.91. The van der Waals surface area contributed by atoms with Gasteiger partial charge in [-0.05, 0) is 49.8 Å². The minimum Gasteiger partial charge on any atom is -0.434 e. The maximum absolute atomic E-state index is 13.2. The molecule has 16 heteroatoms. The zero-order valence-corrected chi connectivity index (χ0v) is 23.1. The van der Waals surface area contributed by atoms with Crippen LogP contribution < -0.4 is 10.1 Å². The summed E-state index contributed by atoms with van der Waals surface area (Å²) in [4.78, 5) is 12.9. The van der Waals surface area contributed by atoms with Gasteiger partial charge in [0.15, 0.2) is 5.69 Å². The standard InChI is InChI=1S/C24H29ClF5N3O6S/c1-33-20(15-6-5-13(4-3-8-24(28,29)30)10-16(15)39-22(26)27)18(25)19(32-33)21(35)31-12-23(36)9-7-14(11-17(23)34)40(2,37)38/h5-6,10,14,17,22,34,36H,3-4,7-9,11-12H2,1-2H3,(H,31,35)/t14-,17-,23-/m0/s1. The topological polar surface area (TPSA) is 131 Å². The summed E-state index contributed by atoms with van der Waals surface area (Å²) < 4.78 is 93.1. The van der Waals surface area contributed by atoms with Crippen LogP contribution in [0.25, 0.3) is 11.3 Å². The van der Waals surface area contributed by atoms with Crippen molar-refractivity contribution in [3.8, 4) is 17.0 Å². The molecule has 1 aliphatic rings. The quantitative estimate of drug-likeness (QED) is 0.347. The number of amides is 1. The van der Waals surface area contributed by atoms with E-state index in [0.29, 0.717) is 5.56 Å². The number of carbonyl (C=O) groups excluding carboxylic acids is 1. The van der Waals surface area contributed by atoms with Crippen molar-refractivity contribution in [2.24, 2.45) is 7.05 Å². The van der Waals surface area contributed by atoms with E-state index in [9.17, 15) is 45.4 Å². The predicted molar refractivity (Wildman–Crippen MR) is 135 cm³/mol. The molecule has 0 radical (unpaired) electrons. The van der Waals surface area contributed by atoms with E-state index in [1.54, 1.807) is 0 Å². The van der Waals surface area contributed by atoms with Gasteiger partial charge in [0, 0.05) is 31.8 Å². The summed E-state index contributed by atoms with van der Waals surface area (Å²) in [5.41, 5.74) is -1.80. The summed E-state index contributed by atoms with van der Waals surface area (Å²) >= 11 is 6.40. The van der Waals surface area contributed by atoms with Gasteiger partial charge in [-0.1, -0.05) is 17.7 Å². The number of aryl methyl sites for hydroxylation is 2. The van der Waals surface area contributed by atoms with Gasteiger partial charge >= 0.3 is 12.8 Å². The molecule has 3 atom stereocenters. The number of hydrogen-bond acceptors (Lipinski definition) is 7. The van der Waals surface area contributed by atoms with E-state index >= 15 is 0 Å². The van der Waals surface area contributed by atoms with Crippen molar-refractivity contribution in [3.05, 3.63) is 34.5 Å². The zero-order valence-electron chi connectivity index (χ0n) is 21.5. The van der Waals surface area contributed by atoms with E-state index in [4.69, 9.17) is 11.6 Å². The number of ether oxygens (including phenoxy) is 1. The number of sulfone groups is 1. The number of alkyl halides is 5. The van der Waals surface area contributed by atoms with Gasteiger partial charge in [-0.25, -0.2) is 8.42 Å². The Bertz CT molecular complexity index is 1340. The largest absolute Gasteiger partial charge is 0.434 e. The summed E-state index contributed by atoms with van der Waals surface area (Å²) in [6, 6.07) is 3.92. The molecule has 0 aliphatic heterocycles. The first-order valence-electron chi connectivity index (χ1n) is 12.2. The Morgan fingerprint density at radius 2 is 2.02 bits per heavy atom. The number of halogens is 6. The minimum atomic E-state index is -4.36. The number of benzene rings is 1. The van der Waals surface area contributed by atoms with Crippen molar-refractivity contribution >= 4 is 27.3 Å². The molecule has 3 rings (SSSR count). The van der Waals surface area contributed by atoms with Crippen molar-refractivity contribution in [3.63, 3.8) is 0 Å². The fourth-order valence-corrected chi connectivity index (χ4v) is 6.04. The fourth-order valence-electron chi connectivity index (χ4n) is 4.62. The number of nitrogens with one attached hydrogen (secondary N) is 1. The molecule has 0 spiro atoms. The fraction of sp³-hybridized carbons (Fsp3) is 0.583. The average molecular weight is 618 g/mol. The highest BCUT2D eigenvalue weighted by Crippen LogP contribution is 2.38. The smallest absolute Gasteiger partial charge is 0.389 e.